The molecule has 1 aromatic carbocycles. The first kappa shape index (κ1) is 26.2. The highest BCUT2D eigenvalue weighted by atomic mass is 35.5. The second kappa shape index (κ2) is 11.0. The smallest absolute Gasteiger partial charge is 0.326 e. The molecule has 2 fully saturated rings. The quantitative estimate of drug-likeness (QED) is 0.408. The van der Waals surface area contributed by atoms with Gasteiger partial charge in [-0.1, -0.05) is 36.2 Å². The molecule has 2 heterocycles. The molecule has 1 saturated carbocycles. The van der Waals surface area contributed by atoms with E-state index in [-0.39, 0.29) is 32.2 Å². The van der Waals surface area contributed by atoms with Crippen LogP contribution in [0.25, 0.3) is 0 Å². The topological polar surface area (TPSA) is 111 Å². The first-order chi connectivity index (χ1) is 17.2. The number of pyridine rings is 1. The third kappa shape index (κ3) is 5.15. The molecule has 1 aliphatic carbocycles. The summed E-state index contributed by atoms with van der Waals surface area (Å²) in [6.07, 6.45) is 5.36. The molecule has 2 aromatic rings. The van der Waals surface area contributed by atoms with Crippen LogP contribution in [-0.4, -0.2) is 70.1 Å². The second-order valence-electron chi connectivity index (χ2n) is 9.44. The van der Waals surface area contributed by atoms with Crippen molar-refractivity contribution in [3.05, 3.63) is 64.9 Å². The van der Waals surface area contributed by atoms with E-state index in [9.17, 15) is 24.6 Å². The summed E-state index contributed by atoms with van der Waals surface area (Å²) >= 11 is 6.51. The minimum atomic E-state index is -1.14. The van der Waals surface area contributed by atoms with E-state index in [0.29, 0.717) is 23.4 Å². The number of carbonyl (C=O) groups is 3. The predicted octanol–water partition coefficient (Wildman–Crippen LogP) is 2.19. The van der Waals surface area contributed by atoms with Gasteiger partial charge in [-0.05, 0) is 37.6 Å². The maximum absolute atomic E-state index is 13.2. The molecule has 9 nitrogen and oxygen atoms in total. The average Bonchev–Trinajstić information content (AvgIpc) is 3.26. The van der Waals surface area contributed by atoms with Crippen LogP contribution in [0.5, 0.6) is 0 Å². The van der Waals surface area contributed by atoms with Crippen LogP contribution < -0.4 is 4.57 Å². The van der Waals surface area contributed by atoms with E-state index in [0.717, 1.165) is 18.4 Å². The molecule has 2 unspecified atom stereocenters. The van der Waals surface area contributed by atoms with E-state index in [1.54, 1.807) is 35.2 Å². The van der Waals surface area contributed by atoms with Gasteiger partial charge >= 0.3 is 5.97 Å². The van der Waals surface area contributed by atoms with Crippen LogP contribution in [-0.2, 0) is 26.6 Å². The minimum Gasteiger partial charge on any atom is -0.480 e. The number of β-amino-alcohol motifs (C(OH)–C–C–N with tert-alkyl or cyclic N) is 1. The van der Waals surface area contributed by atoms with Gasteiger partial charge in [-0.3, -0.25) is 14.5 Å². The summed E-state index contributed by atoms with van der Waals surface area (Å²) in [5.74, 6) is -1.48. The number of aliphatic hydroxyl groups is 1. The number of likely N-dealkylation sites (tertiary alicyclic amines) is 1. The molecule has 10 heteroatoms. The number of aliphatic carboxylic acids is 1. The Bertz CT molecular complexity index is 1140. The van der Waals surface area contributed by atoms with Crippen molar-refractivity contribution in [2.24, 2.45) is 0 Å². The summed E-state index contributed by atoms with van der Waals surface area (Å²) in [5.41, 5.74) is 0.218. The van der Waals surface area contributed by atoms with Gasteiger partial charge in [-0.2, -0.15) is 4.57 Å². The summed E-state index contributed by atoms with van der Waals surface area (Å²) in [6.45, 7) is 0.245. The van der Waals surface area contributed by atoms with E-state index >= 15 is 0 Å². The van der Waals surface area contributed by atoms with Crippen molar-refractivity contribution in [2.75, 3.05) is 20.3 Å². The van der Waals surface area contributed by atoms with Crippen molar-refractivity contribution < 1.29 is 33.9 Å². The lowest BCUT2D eigenvalue weighted by molar-refractivity contribution is -0.733. The van der Waals surface area contributed by atoms with Crippen LogP contribution in [0.1, 0.15) is 48.0 Å². The number of Topliss-reactive ketones (excluding diaryl/α,β-unsaturated/α-hetero) is 1. The Morgan fingerprint density at radius 3 is 2.75 bits per heavy atom. The van der Waals surface area contributed by atoms with Gasteiger partial charge in [-0.15, -0.1) is 0 Å². The Morgan fingerprint density at radius 1 is 1.25 bits per heavy atom. The van der Waals surface area contributed by atoms with Crippen LogP contribution >= 0.6 is 11.6 Å². The van der Waals surface area contributed by atoms with Gasteiger partial charge in [-0.25, -0.2) is 4.79 Å². The van der Waals surface area contributed by atoms with E-state index in [1.807, 2.05) is 30.1 Å². The largest absolute Gasteiger partial charge is 0.480 e. The summed E-state index contributed by atoms with van der Waals surface area (Å²) in [4.78, 5) is 40.8. The van der Waals surface area contributed by atoms with Crippen molar-refractivity contribution in [3.63, 3.8) is 0 Å². The number of rotatable bonds is 8. The average molecular weight is 517 g/mol. The molecule has 1 aromatic heterocycles. The number of amides is 1. The molecule has 1 aliphatic heterocycles. The maximum Gasteiger partial charge on any atom is 0.326 e. The Hall–Kier alpha value is -2.85. The van der Waals surface area contributed by atoms with Gasteiger partial charge < -0.3 is 19.8 Å². The minimum absolute atomic E-state index is 0.00918. The molecule has 2 N–H and O–H groups in total. The SMILES string of the molecule is CN(COC[n+]1cccc(C(=O)N2C[C@@H](O)CC2C(=O)O)c1)C1(c2ccccc2Cl)CCCCC1=O. The summed E-state index contributed by atoms with van der Waals surface area (Å²) in [7, 11) is 1.85. The summed E-state index contributed by atoms with van der Waals surface area (Å²) in [6, 6.07) is 9.63. The molecular formula is C26H31ClN3O6+. The highest BCUT2D eigenvalue weighted by Crippen LogP contribution is 2.42. The number of ketones is 1. The monoisotopic (exact) mass is 516 g/mol. The fraction of sp³-hybridized carbons (Fsp3) is 0.462. The van der Waals surface area contributed by atoms with Crippen LogP contribution in [0.4, 0.5) is 0 Å². The van der Waals surface area contributed by atoms with Crippen molar-refractivity contribution in [3.8, 4) is 0 Å². The number of halogens is 1. The Balaban J connectivity index is 1.45. The van der Waals surface area contributed by atoms with Crippen molar-refractivity contribution >= 4 is 29.3 Å². The van der Waals surface area contributed by atoms with E-state index in [1.165, 1.54) is 4.90 Å². The van der Waals surface area contributed by atoms with Crippen molar-refractivity contribution in [1.29, 1.82) is 0 Å². The van der Waals surface area contributed by atoms with Gasteiger partial charge in [0.1, 0.15) is 23.9 Å². The molecule has 0 spiro atoms. The molecule has 1 amide bonds. The third-order valence-electron chi connectivity index (χ3n) is 7.08. The Morgan fingerprint density at radius 2 is 2.03 bits per heavy atom. The lowest BCUT2D eigenvalue weighted by atomic mass is 9.74. The van der Waals surface area contributed by atoms with E-state index in [2.05, 4.69) is 0 Å². The van der Waals surface area contributed by atoms with Crippen LogP contribution in [0, 0.1) is 0 Å². The normalized spacial score (nSPS) is 24.3. The molecular weight excluding hydrogens is 486 g/mol. The lowest BCUT2D eigenvalue weighted by Crippen LogP contribution is -2.53. The van der Waals surface area contributed by atoms with Crippen molar-refractivity contribution in [2.45, 2.75) is 56.5 Å². The van der Waals surface area contributed by atoms with Crippen molar-refractivity contribution in [1.82, 2.24) is 9.80 Å². The highest BCUT2D eigenvalue weighted by Gasteiger charge is 2.46. The summed E-state index contributed by atoms with van der Waals surface area (Å²) < 4.78 is 7.62. The zero-order valence-electron chi connectivity index (χ0n) is 20.2. The number of aromatic nitrogens is 1. The second-order valence-corrected chi connectivity index (χ2v) is 9.85. The van der Waals surface area contributed by atoms with Gasteiger partial charge in [0, 0.05) is 30.5 Å². The molecule has 2 aliphatic rings. The molecule has 192 valence electrons. The number of carbonyl (C=O) groups excluding carboxylic acids is 2. The third-order valence-corrected chi connectivity index (χ3v) is 7.41. The number of likely N-dealkylation sites (N-methyl/N-ethyl adjacent to an activating group) is 1. The molecule has 36 heavy (non-hydrogen) atoms. The number of benzene rings is 1. The van der Waals surface area contributed by atoms with Crippen LogP contribution in [0.15, 0.2) is 48.8 Å². The molecule has 3 atom stereocenters. The molecule has 4 rings (SSSR count). The zero-order valence-corrected chi connectivity index (χ0v) is 20.9. The number of carboxylic acids is 1. The maximum atomic E-state index is 13.2. The van der Waals surface area contributed by atoms with Gasteiger partial charge in [0.2, 0.25) is 0 Å². The Kier molecular flexibility index (Phi) is 8.04. The number of hydrogen-bond donors (Lipinski definition) is 2. The first-order valence-electron chi connectivity index (χ1n) is 12.0. The van der Waals surface area contributed by atoms with E-state index < -0.39 is 29.6 Å². The first-order valence-corrected chi connectivity index (χ1v) is 12.4. The fourth-order valence-electron chi connectivity index (χ4n) is 5.26. The van der Waals surface area contributed by atoms with Gasteiger partial charge in [0.15, 0.2) is 18.2 Å². The molecule has 0 radical (unpaired) electrons. The standard InChI is InChI=1S/C26H30ClN3O6/c1-28(26(11-5-4-10-23(26)32)20-8-2-3-9-21(20)27)16-36-17-29-12-6-7-18(14-29)24(33)30-15-19(31)13-22(30)25(34)35/h2-3,6-9,12,14,19,22,31H,4-5,10-11,13,15-17H2,1H3/p+1/t19-,22?,26?/m0/s1. The fourth-order valence-corrected chi connectivity index (χ4v) is 5.56. The lowest BCUT2D eigenvalue weighted by Gasteiger charge is -2.43. The number of ether oxygens (including phenoxy) is 1. The highest BCUT2D eigenvalue weighted by molar-refractivity contribution is 6.31. The number of nitrogens with zero attached hydrogens (tertiary/aromatic N) is 3. The Labute approximate surface area is 214 Å². The zero-order chi connectivity index (χ0) is 25.9. The van der Waals surface area contributed by atoms with Crippen LogP contribution in [0.3, 0.4) is 0 Å². The van der Waals surface area contributed by atoms with E-state index in [4.69, 9.17) is 16.3 Å². The summed E-state index contributed by atoms with van der Waals surface area (Å²) in [5, 5.41) is 19.8. The molecule has 1 saturated heterocycles. The number of carboxylic acid groups (broad SMARTS) is 1. The van der Waals surface area contributed by atoms with Gasteiger partial charge in [0.25, 0.3) is 12.6 Å². The predicted molar refractivity (Wildman–Crippen MR) is 130 cm³/mol. The van der Waals surface area contributed by atoms with Gasteiger partial charge in [0.05, 0.1) is 6.10 Å². The van der Waals surface area contributed by atoms with Crippen LogP contribution in [0.2, 0.25) is 5.02 Å². The number of aliphatic hydroxyl groups excluding tert-OH is 1. The molecule has 0 bridgehead atoms. The number of hydrogen-bond acceptors (Lipinski definition) is 6.